The Kier molecular flexibility index (Phi) is 2.70. The third-order valence-corrected chi connectivity index (χ3v) is 1.80. The number of hydrogen-bond donors (Lipinski definition) is 1. The predicted octanol–water partition coefficient (Wildman–Crippen LogP) is 0.785. The predicted molar refractivity (Wildman–Crippen MR) is 52.7 cm³/mol. The molecule has 0 amide bonds. The molecule has 72 valence electrons. The molecule has 5 nitrogen and oxygen atoms in total. The van der Waals surface area contributed by atoms with Crippen LogP contribution in [0.4, 0.5) is 5.82 Å². The summed E-state index contributed by atoms with van der Waals surface area (Å²) in [6.45, 7) is 1.69. The normalized spacial score (nSPS) is 10.0. The van der Waals surface area contributed by atoms with Crippen LogP contribution < -0.4 is 5.32 Å². The summed E-state index contributed by atoms with van der Waals surface area (Å²) in [4.78, 5) is 12.0. The summed E-state index contributed by atoms with van der Waals surface area (Å²) in [6.07, 6.45) is 10.5. The molecule has 2 heterocycles. The molecule has 1 N–H and O–H groups in total. The van der Waals surface area contributed by atoms with Crippen molar-refractivity contribution in [3.8, 4) is 0 Å². The lowest BCUT2D eigenvalue weighted by atomic mass is 10.5. The Morgan fingerprint density at radius 1 is 1.21 bits per heavy atom. The Labute approximate surface area is 81.8 Å². The van der Waals surface area contributed by atoms with E-state index in [0.717, 1.165) is 18.9 Å². The molecule has 2 aromatic rings. The van der Waals surface area contributed by atoms with Crippen LogP contribution in [0.5, 0.6) is 0 Å². The molecule has 0 aliphatic rings. The van der Waals surface area contributed by atoms with Crippen LogP contribution in [0, 0.1) is 0 Å². The molecule has 5 heteroatoms. The summed E-state index contributed by atoms with van der Waals surface area (Å²) in [5.41, 5.74) is 0. The van der Waals surface area contributed by atoms with Gasteiger partial charge in [-0.15, -0.1) is 0 Å². The van der Waals surface area contributed by atoms with Gasteiger partial charge in [0.25, 0.3) is 0 Å². The molecule has 0 saturated carbocycles. The van der Waals surface area contributed by atoms with Gasteiger partial charge in [-0.05, 0) is 0 Å². The Bertz CT molecular complexity index is 356. The highest BCUT2D eigenvalue weighted by Crippen LogP contribution is 1.96. The molecule has 0 aliphatic carbocycles. The summed E-state index contributed by atoms with van der Waals surface area (Å²) in [5.74, 6) is 0.799. The van der Waals surface area contributed by atoms with Crippen LogP contribution in [0.1, 0.15) is 0 Å². The maximum absolute atomic E-state index is 4.10. The highest BCUT2D eigenvalue weighted by molar-refractivity contribution is 5.29. The lowest BCUT2D eigenvalue weighted by Gasteiger charge is -2.04. The maximum atomic E-state index is 4.10. The second kappa shape index (κ2) is 4.36. The van der Waals surface area contributed by atoms with Gasteiger partial charge in [-0.1, -0.05) is 0 Å². The zero-order valence-electron chi connectivity index (χ0n) is 7.67. The number of rotatable bonds is 4. The molecule has 14 heavy (non-hydrogen) atoms. The van der Waals surface area contributed by atoms with E-state index in [4.69, 9.17) is 0 Å². The van der Waals surface area contributed by atoms with Gasteiger partial charge in [-0.25, -0.2) is 9.97 Å². The van der Waals surface area contributed by atoms with Crippen molar-refractivity contribution in [1.82, 2.24) is 19.5 Å². The fraction of sp³-hybridized carbons (Fsp3) is 0.222. The molecule has 0 fully saturated rings. The summed E-state index contributed by atoms with van der Waals surface area (Å²) in [6, 6.07) is 0. The van der Waals surface area contributed by atoms with E-state index in [-0.39, 0.29) is 0 Å². The van der Waals surface area contributed by atoms with Crippen molar-refractivity contribution in [3.63, 3.8) is 0 Å². The highest BCUT2D eigenvalue weighted by atomic mass is 15.1. The third-order valence-electron chi connectivity index (χ3n) is 1.80. The molecule has 0 saturated heterocycles. The molecule has 0 radical (unpaired) electrons. The van der Waals surface area contributed by atoms with E-state index in [1.165, 1.54) is 0 Å². The minimum atomic E-state index is 0.799. The summed E-state index contributed by atoms with van der Waals surface area (Å²) >= 11 is 0. The average Bonchev–Trinajstić information content (AvgIpc) is 2.72. The van der Waals surface area contributed by atoms with E-state index in [2.05, 4.69) is 20.3 Å². The number of anilines is 1. The van der Waals surface area contributed by atoms with Gasteiger partial charge in [0.2, 0.25) is 0 Å². The van der Waals surface area contributed by atoms with Crippen molar-refractivity contribution in [3.05, 3.63) is 37.3 Å². The van der Waals surface area contributed by atoms with Gasteiger partial charge in [0.15, 0.2) is 0 Å². The van der Waals surface area contributed by atoms with Crippen molar-refractivity contribution in [2.45, 2.75) is 6.54 Å². The Balaban J connectivity index is 1.79. The third kappa shape index (κ3) is 2.29. The molecule has 0 unspecified atom stereocenters. The largest absolute Gasteiger partial charge is 0.367 e. The number of nitrogens with zero attached hydrogens (tertiary/aromatic N) is 4. The van der Waals surface area contributed by atoms with Crippen LogP contribution in [-0.2, 0) is 6.54 Å². The second-order valence-electron chi connectivity index (χ2n) is 2.82. The number of nitrogens with one attached hydrogen (secondary N) is 1. The second-order valence-corrected chi connectivity index (χ2v) is 2.82. The molecule has 0 aliphatic heterocycles. The Hall–Kier alpha value is -1.91. The van der Waals surface area contributed by atoms with Gasteiger partial charge in [-0.3, -0.25) is 4.98 Å². The van der Waals surface area contributed by atoms with Crippen LogP contribution in [0.3, 0.4) is 0 Å². The monoisotopic (exact) mass is 189 g/mol. The fourth-order valence-electron chi connectivity index (χ4n) is 1.12. The van der Waals surface area contributed by atoms with Crippen molar-refractivity contribution in [2.24, 2.45) is 0 Å². The first-order valence-electron chi connectivity index (χ1n) is 4.41. The topological polar surface area (TPSA) is 55.6 Å². The van der Waals surface area contributed by atoms with E-state index in [1.54, 1.807) is 31.1 Å². The molecule has 2 aromatic heterocycles. The van der Waals surface area contributed by atoms with Crippen molar-refractivity contribution >= 4 is 5.82 Å². The maximum Gasteiger partial charge on any atom is 0.144 e. The fourth-order valence-corrected chi connectivity index (χ4v) is 1.12. The minimum absolute atomic E-state index is 0.799. The average molecular weight is 189 g/mol. The van der Waals surface area contributed by atoms with Gasteiger partial charge in [0.1, 0.15) is 5.82 Å². The SMILES string of the molecule is c1cnc(NCCn2ccnc2)cn1. The minimum Gasteiger partial charge on any atom is -0.367 e. The zero-order valence-corrected chi connectivity index (χ0v) is 7.67. The van der Waals surface area contributed by atoms with Crippen LogP contribution in [-0.4, -0.2) is 26.1 Å². The molecule has 0 atom stereocenters. The standard InChI is InChI=1S/C9H11N5/c1-2-12-9(7-10-1)13-4-6-14-5-3-11-8-14/h1-3,5,7-8H,4,6H2,(H,12,13). The lowest BCUT2D eigenvalue weighted by molar-refractivity contribution is 0.725. The lowest BCUT2D eigenvalue weighted by Crippen LogP contribution is -2.10. The van der Waals surface area contributed by atoms with Crippen LogP contribution >= 0.6 is 0 Å². The first-order chi connectivity index (χ1) is 6.95. The molecule has 0 spiro atoms. The van der Waals surface area contributed by atoms with E-state index in [0.29, 0.717) is 0 Å². The first-order valence-corrected chi connectivity index (χ1v) is 4.41. The van der Waals surface area contributed by atoms with Crippen molar-refractivity contribution in [2.75, 3.05) is 11.9 Å². The quantitative estimate of drug-likeness (QED) is 0.772. The Morgan fingerprint density at radius 2 is 2.21 bits per heavy atom. The smallest absolute Gasteiger partial charge is 0.144 e. The van der Waals surface area contributed by atoms with Gasteiger partial charge >= 0.3 is 0 Å². The van der Waals surface area contributed by atoms with E-state index >= 15 is 0 Å². The van der Waals surface area contributed by atoms with Crippen LogP contribution in [0.2, 0.25) is 0 Å². The number of hydrogen-bond acceptors (Lipinski definition) is 4. The summed E-state index contributed by atoms with van der Waals surface area (Å²) in [5, 5.41) is 3.16. The zero-order chi connectivity index (χ0) is 9.64. The van der Waals surface area contributed by atoms with Crippen molar-refractivity contribution in [1.29, 1.82) is 0 Å². The molecule has 2 rings (SSSR count). The number of imidazole rings is 1. The number of aromatic nitrogens is 4. The van der Waals surface area contributed by atoms with Crippen molar-refractivity contribution < 1.29 is 0 Å². The summed E-state index contributed by atoms with van der Waals surface area (Å²) in [7, 11) is 0. The first kappa shape index (κ1) is 8.68. The van der Waals surface area contributed by atoms with Gasteiger partial charge in [-0.2, -0.15) is 0 Å². The molecular formula is C9H11N5. The van der Waals surface area contributed by atoms with Crippen LogP contribution in [0.25, 0.3) is 0 Å². The van der Waals surface area contributed by atoms with Gasteiger partial charge in [0.05, 0.1) is 12.5 Å². The molecular weight excluding hydrogens is 178 g/mol. The van der Waals surface area contributed by atoms with Gasteiger partial charge in [0, 0.05) is 37.9 Å². The molecule has 0 bridgehead atoms. The molecule has 0 aromatic carbocycles. The highest BCUT2D eigenvalue weighted by Gasteiger charge is 1.92. The summed E-state index contributed by atoms with van der Waals surface area (Å²) < 4.78 is 2.00. The van der Waals surface area contributed by atoms with Crippen LogP contribution in [0.15, 0.2) is 37.3 Å². The van der Waals surface area contributed by atoms with Gasteiger partial charge < -0.3 is 9.88 Å². The van der Waals surface area contributed by atoms with E-state index < -0.39 is 0 Å². The van der Waals surface area contributed by atoms with E-state index in [9.17, 15) is 0 Å². The Morgan fingerprint density at radius 3 is 2.93 bits per heavy atom. The van der Waals surface area contributed by atoms with E-state index in [1.807, 2.05) is 10.8 Å².